The van der Waals surface area contributed by atoms with Gasteiger partial charge < -0.3 is 15.0 Å². The molecular weight excluding hydrogens is 388 g/mol. The Hall–Kier alpha value is -3.60. The van der Waals surface area contributed by atoms with Crippen molar-refractivity contribution in [3.05, 3.63) is 102 Å². The van der Waals surface area contributed by atoms with Gasteiger partial charge in [-0.3, -0.25) is 9.59 Å². The quantitative estimate of drug-likeness (QED) is 0.570. The summed E-state index contributed by atoms with van der Waals surface area (Å²) in [7, 11) is 1.62. The van der Waals surface area contributed by atoms with Gasteiger partial charge in [-0.25, -0.2) is 0 Å². The van der Waals surface area contributed by atoms with E-state index in [2.05, 4.69) is 5.32 Å². The molecule has 0 spiro atoms. The van der Waals surface area contributed by atoms with Gasteiger partial charge in [0.1, 0.15) is 11.8 Å². The van der Waals surface area contributed by atoms with Gasteiger partial charge in [0.25, 0.3) is 0 Å². The maximum absolute atomic E-state index is 13.5. The fourth-order valence-electron chi connectivity index (χ4n) is 3.50. The fourth-order valence-corrected chi connectivity index (χ4v) is 3.50. The second-order valence-corrected chi connectivity index (χ2v) is 7.24. The molecule has 0 unspecified atom stereocenters. The van der Waals surface area contributed by atoms with E-state index in [9.17, 15) is 9.59 Å². The molecule has 0 aliphatic rings. The van der Waals surface area contributed by atoms with Crippen molar-refractivity contribution >= 4 is 11.8 Å². The molecule has 0 aliphatic heterocycles. The van der Waals surface area contributed by atoms with Gasteiger partial charge in [-0.05, 0) is 35.7 Å². The van der Waals surface area contributed by atoms with Crippen LogP contribution in [0.2, 0.25) is 0 Å². The van der Waals surface area contributed by atoms with Crippen LogP contribution in [0.4, 0.5) is 0 Å². The molecule has 0 aromatic heterocycles. The standard InChI is InChI=1S/C26H28N2O3/c1-3-27-26(30)25(22-12-8-5-9-13-22)28(19-21-14-16-23(31-2)17-15-21)24(29)18-20-10-6-4-7-11-20/h4-17,25H,3,18-19H2,1-2H3,(H,27,30)/t25-/m1/s1. The Kier molecular flexibility index (Phi) is 7.82. The third kappa shape index (κ3) is 5.95. The number of carbonyl (C=O) groups is 2. The normalized spacial score (nSPS) is 11.4. The molecule has 0 saturated carbocycles. The molecule has 5 nitrogen and oxygen atoms in total. The second-order valence-electron chi connectivity index (χ2n) is 7.24. The van der Waals surface area contributed by atoms with E-state index in [0.29, 0.717) is 13.1 Å². The summed E-state index contributed by atoms with van der Waals surface area (Å²) in [5.74, 6) is 0.444. The number of hydrogen-bond donors (Lipinski definition) is 1. The monoisotopic (exact) mass is 416 g/mol. The van der Waals surface area contributed by atoms with Crippen LogP contribution in [-0.2, 0) is 22.6 Å². The van der Waals surface area contributed by atoms with Crippen LogP contribution in [-0.4, -0.2) is 30.4 Å². The van der Waals surface area contributed by atoms with Crippen LogP contribution >= 0.6 is 0 Å². The summed E-state index contributed by atoms with van der Waals surface area (Å²) in [4.78, 5) is 28.3. The molecule has 0 heterocycles. The summed E-state index contributed by atoms with van der Waals surface area (Å²) in [5.41, 5.74) is 2.62. The van der Waals surface area contributed by atoms with Gasteiger partial charge in [-0.15, -0.1) is 0 Å². The number of likely N-dealkylation sites (N-methyl/N-ethyl adjacent to an activating group) is 1. The molecule has 5 heteroatoms. The summed E-state index contributed by atoms with van der Waals surface area (Å²) in [6.45, 7) is 2.68. The first-order chi connectivity index (χ1) is 15.1. The zero-order valence-corrected chi connectivity index (χ0v) is 18.0. The molecule has 1 atom stereocenters. The van der Waals surface area contributed by atoms with Crippen LogP contribution in [0.15, 0.2) is 84.9 Å². The molecule has 0 saturated heterocycles. The summed E-state index contributed by atoms with van der Waals surface area (Å²) in [5, 5.41) is 2.89. The van der Waals surface area contributed by atoms with Gasteiger partial charge in [0.2, 0.25) is 11.8 Å². The van der Waals surface area contributed by atoms with Crippen LogP contribution in [0.3, 0.4) is 0 Å². The molecule has 0 aliphatic carbocycles. The van der Waals surface area contributed by atoms with Crippen LogP contribution in [0.25, 0.3) is 0 Å². The molecule has 0 bridgehead atoms. The van der Waals surface area contributed by atoms with Crippen LogP contribution in [0.5, 0.6) is 5.75 Å². The van der Waals surface area contributed by atoms with E-state index >= 15 is 0 Å². The highest BCUT2D eigenvalue weighted by Crippen LogP contribution is 2.25. The summed E-state index contributed by atoms with van der Waals surface area (Å²) in [6.07, 6.45) is 0.222. The predicted octanol–water partition coefficient (Wildman–Crippen LogP) is 4.14. The lowest BCUT2D eigenvalue weighted by molar-refractivity contribution is -0.141. The minimum Gasteiger partial charge on any atom is -0.497 e. The van der Waals surface area contributed by atoms with Gasteiger partial charge in [0.05, 0.1) is 13.5 Å². The van der Waals surface area contributed by atoms with Gasteiger partial charge in [-0.2, -0.15) is 0 Å². The van der Waals surface area contributed by atoms with Crippen LogP contribution in [0, 0.1) is 0 Å². The van der Waals surface area contributed by atoms with E-state index in [4.69, 9.17) is 4.74 Å². The van der Waals surface area contributed by atoms with Crippen molar-refractivity contribution in [2.24, 2.45) is 0 Å². The number of ether oxygens (including phenoxy) is 1. The maximum atomic E-state index is 13.5. The van der Waals surface area contributed by atoms with Gasteiger partial charge in [-0.1, -0.05) is 72.8 Å². The molecule has 2 amide bonds. The molecule has 3 aromatic carbocycles. The van der Waals surface area contributed by atoms with Gasteiger partial charge in [0, 0.05) is 13.1 Å². The Morgan fingerprint density at radius 1 is 0.871 bits per heavy atom. The molecule has 3 rings (SSSR count). The van der Waals surface area contributed by atoms with Crippen molar-refractivity contribution < 1.29 is 14.3 Å². The predicted molar refractivity (Wildman–Crippen MR) is 122 cm³/mol. The smallest absolute Gasteiger partial charge is 0.247 e. The first-order valence-corrected chi connectivity index (χ1v) is 10.4. The molecule has 0 fully saturated rings. The number of amides is 2. The van der Waals surface area contributed by atoms with Gasteiger partial charge in [0.15, 0.2) is 0 Å². The van der Waals surface area contributed by atoms with E-state index in [0.717, 1.165) is 22.4 Å². The zero-order chi connectivity index (χ0) is 22.1. The highest BCUT2D eigenvalue weighted by molar-refractivity contribution is 5.89. The van der Waals surface area contributed by atoms with E-state index in [-0.39, 0.29) is 18.2 Å². The summed E-state index contributed by atoms with van der Waals surface area (Å²) < 4.78 is 5.24. The first-order valence-electron chi connectivity index (χ1n) is 10.4. The molecule has 1 N–H and O–H groups in total. The highest BCUT2D eigenvalue weighted by atomic mass is 16.5. The van der Waals surface area contributed by atoms with Crippen molar-refractivity contribution in [1.82, 2.24) is 10.2 Å². The average molecular weight is 417 g/mol. The lowest BCUT2D eigenvalue weighted by Gasteiger charge is -2.31. The maximum Gasteiger partial charge on any atom is 0.247 e. The summed E-state index contributed by atoms with van der Waals surface area (Å²) in [6, 6.07) is 25.9. The third-order valence-electron chi connectivity index (χ3n) is 5.06. The Bertz CT molecular complexity index is 973. The zero-order valence-electron chi connectivity index (χ0n) is 18.0. The number of benzene rings is 3. The highest BCUT2D eigenvalue weighted by Gasteiger charge is 2.31. The Morgan fingerprint density at radius 3 is 2.06 bits per heavy atom. The first kappa shape index (κ1) is 22.1. The van der Waals surface area contributed by atoms with Crippen molar-refractivity contribution in [3.63, 3.8) is 0 Å². The van der Waals surface area contributed by atoms with E-state index in [1.807, 2.05) is 91.9 Å². The number of rotatable bonds is 9. The Morgan fingerprint density at radius 2 is 1.48 bits per heavy atom. The lowest BCUT2D eigenvalue weighted by Crippen LogP contribution is -2.44. The summed E-state index contributed by atoms with van der Waals surface area (Å²) >= 11 is 0. The largest absolute Gasteiger partial charge is 0.497 e. The van der Waals surface area contributed by atoms with Crippen molar-refractivity contribution in [1.29, 1.82) is 0 Å². The number of nitrogens with zero attached hydrogens (tertiary/aromatic N) is 1. The number of hydrogen-bond acceptors (Lipinski definition) is 3. The Labute approximate surface area is 183 Å². The molecular formula is C26H28N2O3. The van der Waals surface area contributed by atoms with Gasteiger partial charge >= 0.3 is 0 Å². The second kappa shape index (κ2) is 11.0. The third-order valence-corrected chi connectivity index (χ3v) is 5.06. The number of carbonyl (C=O) groups excluding carboxylic acids is 2. The van der Waals surface area contributed by atoms with Crippen molar-refractivity contribution in [3.8, 4) is 5.75 Å². The lowest BCUT2D eigenvalue weighted by atomic mass is 10.0. The number of methoxy groups -OCH3 is 1. The SMILES string of the molecule is CCNC(=O)[C@@H](c1ccccc1)N(Cc1ccc(OC)cc1)C(=O)Cc1ccccc1. The van der Waals surface area contributed by atoms with Crippen LogP contribution in [0.1, 0.15) is 29.7 Å². The molecule has 3 aromatic rings. The average Bonchev–Trinajstić information content (AvgIpc) is 2.80. The van der Waals surface area contributed by atoms with Crippen molar-refractivity contribution in [2.45, 2.75) is 25.9 Å². The fraction of sp³-hybridized carbons (Fsp3) is 0.231. The number of nitrogens with one attached hydrogen (secondary N) is 1. The minimum atomic E-state index is -0.723. The molecule has 31 heavy (non-hydrogen) atoms. The minimum absolute atomic E-state index is 0.109. The molecule has 160 valence electrons. The Balaban J connectivity index is 1.98. The van der Waals surface area contributed by atoms with E-state index in [1.165, 1.54) is 0 Å². The molecule has 0 radical (unpaired) electrons. The topological polar surface area (TPSA) is 58.6 Å². The van der Waals surface area contributed by atoms with E-state index in [1.54, 1.807) is 12.0 Å². The van der Waals surface area contributed by atoms with E-state index < -0.39 is 6.04 Å². The van der Waals surface area contributed by atoms with Crippen LogP contribution < -0.4 is 10.1 Å². The van der Waals surface area contributed by atoms with Crippen molar-refractivity contribution in [2.75, 3.05) is 13.7 Å².